The van der Waals surface area contributed by atoms with Crippen molar-refractivity contribution in [1.29, 1.82) is 0 Å². The van der Waals surface area contributed by atoms with Crippen molar-refractivity contribution in [2.45, 2.75) is 6.04 Å². The van der Waals surface area contributed by atoms with Gasteiger partial charge in [-0.2, -0.15) is 0 Å². The number of rotatable bonds is 4. The van der Waals surface area contributed by atoms with Gasteiger partial charge in [0.2, 0.25) is 0 Å². The molecule has 0 aliphatic heterocycles. The Morgan fingerprint density at radius 3 is 2.50 bits per heavy atom. The zero-order valence-electron chi connectivity index (χ0n) is 9.75. The Kier molecular flexibility index (Phi) is 4.51. The molecule has 0 aromatic heterocycles. The van der Waals surface area contributed by atoms with Crippen LogP contribution in [0.25, 0.3) is 0 Å². The number of hydrogen-bond donors (Lipinski definition) is 0. The van der Waals surface area contributed by atoms with Crippen LogP contribution in [0.5, 0.6) is 0 Å². The third kappa shape index (κ3) is 3.38. The molecule has 0 bridgehead atoms. The summed E-state index contributed by atoms with van der Waals surface area (Å²) in [7, 11) is 5.06. The van der Waals surface area contributed by atoms with E-state index in [2.05, 4.69) is 4.99 Å². The molecule has 16 heavy (non-hydrogen) atoms. The normalized spacial score (nSPS) is 12.4. The lowest BCUT2D eigenvalue weighted by molar-refractivity contribution is -0.142. The van der Waals surface area contributed by atoms with E-state index in [0.29, 0.717) is 0 Å². The number of hydrogen-bond acceptors (Lipinski definition) is 3. The first-order valence-electron chi connectivity index (χ1n) is 4.97. The summed E-state index contributed by atoms with van der Waals surface area (Å²) in [5.74, 6) is -0.357. The van der Waals surface area contributed by atoms with E-state index < -0.39 is 6.04 Å². The van der Waals surface area contributed by atoms with Gasteiger partial charge in [-0.15, -0.1) is 0 Å². The van der Waals surface area contributed by atoms with Crippen molar-refractivity contribution in [1.82, 2.24) is 4.90 Å². The van der Waals surface area contributed by atoms with Gasteiger partial charge in [-0.1, -0.05) is 30.3 Å². The summed E-state index contributed by atoms with van der Waals surface area (Å²) in [6.07, 6.45) is 1.61. The smallest absolute Gasteiger partial charge is 0.335 e. The number of ether oxygens (including phenoxy) is 1. The molecule has 0 fully saturated rings. The summed E-state index contributed by atoms with van der Waals surface area (Å²) >= 11 is 0. The number of esters is 1. The molecule has 0 N–H and O–H groups in total. The molecular formula is C12H16N2O2. The van der Waals surface area contributed by atoms with Gasteiger partial charge in [-0.05, 0) is 5.56 Å². The second-order valence-electron chi connectivity index (χ2n) is 3.56. The van der Waals surface area contributed by atoms with E-state index in [1.165, 1.54) is 7.11 Å². The van der Waals surface area contributed by atoms with Gasteiger partial charge < -0.3 is 9.64 Å². The Balaban J connectivity index is 2.93. The molecular weight excluding hydrogens is 204 g/mol. The fourth-order valence-corrected chi connectivity index (χ4v) is 1.23. The predicted molar refractivity (Wildman–Crippen MR) is 63.4 cm³/mol. The SMILES string of the molecule is COC(=O)C(N=CN(C)C)c1ccccc1. The third-order valence-corrected chi connectivity index (χ3v) is 1.99. The number of aliphatic imine (C=N–C) groups is 1. The molecule has 1 atom stereocenters. The predicted octanol–water partition coefficient (Wildman–Crippen LogP) is 1.49. The first-order chi connectivity index (χ1) is 7.65. The van der Waals surface area contributed by atoms with Crippen molar-refractivity contribution in [3.05, 3.63) is 35.9 Å². The van der Waals surface area contributed by atoms with Crippen molar-refractivity contribution in [2.75, 3.05) is 21.2 Å². The van der Waals surface area contributed by atoms with Crippen LogP contribution >= 0.6 is 0 Å². The number of methoxy groups -OCH3 is 1. The van der Waals surface area contributed by atoms with E-state index in [4.69, 9.17) is 4.74 Å². The minimum Gasteiger partial charge on any atom is -0.467 e. The Morgan fingerprint density at radius 2 is 2.00 bits per heavy atom. The zero-order chi connectivity index (χ0) is 12.0. The highest BCUT2D eigenvalue weighted by Gasteiger charge is 2.19. The van der Waals surface area contributed by atoms with Gasteiger partial charge in [-0.25, -0.2) is 4.79 Å². The van der Waals surface area contributed by atoms with Gasteiger partial charge in [0.05, 0.1) is 13.4 Å². The van der Waals surface area contributed by atoms with Crippen LogP contribution < -0.4 is 0 Å². The van der Waals surface area contributed by atoms with Gasteiger partial charge in [0.1, 0.15) is 0 Å². The van der Waals surface area contributed by atoms with Crippen LogP contribution in [0.4, 0.5) is 0 Å². The van der Waals surface area contributed by atoms with Crippen molar-refractivity contribution >= 4 is 12.3 Å². The molecule has 0 amide bonds. The molecule has 0 spiro atoms. The van der Waals surface area contributed by atoms with Crippen molar-refractivity contribution in [3.8, 4) is 0 Å². The fraction of sp³-hybridized carbons (Fsp3) is 0.333. The Bertz CT molecular complexity index is 361. The number of benzene rings is 1. The molecule has 1 aromatic rings. The third-order valence-electron chi connectivity index (χ3n) is 1.99. The average molecular weight is 220 g/mol. The lowest BCUT2D eigenvalue weighted by atomic mass is 10.1. The lowest BCUT2D eigenvalue weighted by Gasteiger charge is -2.11. The molecule has 0 aliphatic carbocycles. The van der Waals surface area contributed by atoms with E-state index in [1.54, 1.807) is 11.2 Å². The number of carbonyl (C=O) groups excluding carboxylic acids is 1. The maximum absolute atomic E-state index is 11.6. The zero-order valence-corrected chi connectivity index (χ0v) is 9.75. The lowest BCUT2D eigenvalue weighted by Crippen LogP contribution is -2.15. The van der Waals surface area contributed by atoms with E-state index in [-0.39, 0.29) is 5.97 Å². The minimum atomic E-state index is -0.589. The highest BCUT2D eigenvalue weighted by Crippen LogP contribution is 2.17. The van der Waals surface area contributed by atoms with Crippen LogP contribution in [0.2, 0.25) is 0 Å². The molecule has 4 heteroatoms. The second kappa shape index (κ2) is 5.90. The molecule has 1 unspecified atom stereocenters. The second-order valence-corrected chi connectivity index (χ2v) is 3.56. The molecule has 1 rings (SSSR count). The first-order valence-corrected chi connectivity index (χ1v) is 4.97. The van der Waals surface area contributed by atoms with Gasteiger partial charge in [0, 0.05) is 14.1 Å². The van der Waals surface area contributed by atoms with Crippen LogP contribution in [0.1, 0.15) is 11.6 Å². The quantitative estimate of drug-likeness (QED) is 0.438. The topological polar surface area (TPSA) is 41.9 Å². The van der Waals surface area contributed by atoms with Crippen LogP contribution in [0.15, 0.2) is 35.3 Å². The first kappa shape index (κ1) is 12.2. The van der Waals surface area contributed by atoms with Crippen molar-refractivity contribution in [2.24, 2.45) is 4.99 Å². The standard InChI is InChI=1S/C12H16N2O2/c1-14(2)9-13-11(12(15)16-3)10-7-5-4-6-8-10/h4-9,11H,1-3H3. The average Bonchev–Trinajstić information content (AvgIpc) is 2.30. The summed E-state index contributed by atoms with van der Waals surface area (Å²) in [6.45, 7) is 0. The molecule has 4 nitrogen and oxygen atoms in total. The molecule has 0 aliphatic rings. The van der Waals surface area contributed by atoms with Crippen molar-refractivity contribution < 1.29 is 9.53 Å². The molecule has 0 saturated carbocycles. The van der Waals surface area contributed by atoms with Gasteiger partial charge in [0.15, 0.2) is 6.04 Å². The maximum Gasteiger partial charge on any atom is 0.335 e. The highest BCUT2D eigenvalue weighted by molar-refractivity contribution is 5.79. The van der Waals surface area contributed by atoms with Crippen molar-refractivity contribution in [3.63, 3.8) is 0 Å². The minimum absolute atomic E-state index is 0.357. The summed E-state index contributed by atoms with van der Waals surface area (Å²) in [4.78, 5) is 17.5. The Hall–Kier alpha value is -1.84. The van der Waals surface area contributed by atoms with Crippen LogP contribution in [-0.4, -0.2) is 38.4 Å². The number of nitrogens with zero attached hydrogens (tertiary/aromatic N) is 2. The maximum atomic E-state index is 11.6. The summed E-state index contributed by atoms with van der Waals surface area (Å²) < 4.78 is 4.73. The fourth-order valence-electron chi connectivity index (χ4n) is 1.23. The highest BCUT2D eigenvalue weighted by atomic mass is 16.5. The molecule has 0 heterocycles. The summed E-state index contributed by atoms with van der Waals surface area (Å²) in [5, 5.41) is 0. The molecule has 1 aromatic carbocycles. The molecule has 0 saturated heterocycles. The number of carbonyl (C=O) groups is 1. The summed E-state index contributed by atoms with van der Waals surface area (Å²) in [6, 6.07) is 8.76. The molecule has 0 radical (unpaired) electrons. The van der Waals surface area contributed by atoms with E-state index in [9.17, 15) is 4.79 Å². The molecule has 86 valence electrons. The van der Waals surface area contributed by atoms with Crippen LogP contribution in [0, 0.1) is 0 Å². The van der Waals surface area contributed by atoms with E-state index >= 15 is 0 Å². The largest absolute Gasteiger partial charge is 0.467 e. The monoisotopic (exact) mass is 220 g/mol. The summed E-state index contributed by atoms with van der Waals surface area (Å²) in [5.41, 5.74) is 0.826. The van der Waals surface area contributed by atoms with Gasteiger partial charge >= 0.3 is 5.97 Å². The Morgan fingerprint density at radius 1 is 1.38 bits per heavy atom. The van der Waals surface area contributed by atoms with Gasteiger partial charge in [0.25, 0.3) is 0 Å². The van der Waals surface area contributed by atoms with Gasteiger partial charge in [-0.3, -0.25) is 4.99 Å². The van der Waals surface area contributed by atoms with Crippen LogP contribution in [-0.2, 0) is 9.53 Å². The Labute approximate surface area is 95.6 Å². The van der Waals surface area contributed by atoms with E-state index in [1.807, 2.05) is 44.4 Å². The van der Waals surface area contributed by atoms with E-state index in [0.717, 1.165) is 5.56 Å². The van der Waals surface area contributed by atoms with Crippen LogP contribution in [0.3, 0.4) is 0 Å².